The van der Waals surface area contributed by atoms with Crippen LogP contribution in [0.15, 0.2) is 10.6 Å². The molecular weight excluding hydrogens is 394 g/mol. The van der Waals surface area contributed by atoms with Crippen molar-refractivity contribution in [1.82, 2.24) is 20.5 Å². The van der Waals surface area contributed by atoms with E-state index in [1.807, 2.05) is 13.8 Å². The van der Waals surface area contributed by atoms with Crippen molar-refractivity contribution in [2.45, 2.75) is 59.1 Å². The van der Waals surface area contributed by atoms with Gasteiger partial charge in [0.2, 0.25) is 0 Å². The van der Waals surface area contributed by atoms with Gasteiger partial charge in [-0.1, -0.05) is 25.4 Å². The van der Waals surface area contributed by atoms with Gasteiger partial charge >= 0.3 is 18.1 Å². The lowest BCUT2D eigenvalue weighted by atomic mass is 9.98. The first-order valence-electron chi connectivity index (χ1n) is 9.95. The van der Waals surface area contributed by atoms with Crippen LogP contribution in [0.5, 0.6) is 5.95 Å². The Morgan fingerprint density at radius 2 is 1.93 bits per heavy atom. The Hall–Kier alpha value is -2.98. The standard InChI is InChI=1S/C19H31N5O6/c1-7-12(2)15(21-18(27)29-19(3,4)5)16(25)23-9-8-10-24(23)17(26)20-13-11-14(28-6)30-22-13/h11-12,15H,7-10H2,1-6H3,(H,21,27)(H,20,22,26)/t12-,15-/m0/s1. The summed E-state index contributed by atoms with van der Waals surface area (Å²) >= 11 is 0. The highest BCUT2D eigenvalue weighted by molar-refractivity contribution is 5.92. The van der Waals surface area contributed by atoms with Crippen molar-refractivity contribution in [2.24, 2.45) is 5.92 Å². The minimum absolute atomic E-state index is 0.151. The zero-order valence-electron chi connectivity index (χ0n) is 18.4. The number of urea groups is 1. The smallest absolute Gasteiger partial charge is 0.408 e. The van der Waals surface area contributed by atoms with Crippen LogP contribution < -0.4 is 15.4 Å². The molecule has 0 spiro atoms. The van der Waals surface area contributed by atoms with Crippen LogP contribution in [0.4, 0.5) is 15.4 Å². The number of alkyl carbamates (subject to hydrolysis) is 1. The topological polar surface area (TPSA) is 126 Å². The van der Waals surface area contributed by atoms with Gasteiger partial charge in [-0.3, -0.25) is 10.1 Å². The quantitative estimate of drug-likeness (QED) is 0.717. The lowest BCUT2D eigenvalue weighted by Crippen LogP contribution is -2.56. The summed E-state index contributed by atoms with van der Waals surface area (Å²) in [6.07, 6.45) is 0.595. The van der Waals surface area contributed by atoms with Crippen molar-refractivity contribution >= 4 is 23.8 Å². The van der Waals surface area contributed by atoms with Crippen molar-refractivity contribution in [3.8, 4) is 5.95 Å². The number of aromatic nitrogens is 1. The molecule has 1 saturated heterocycles. The predicted octanol–water partition coefficient (Wildman–Crippen LogP) is 2.60. The maximum atomic E-state index is 13.2. The van der Waals surface area contributed by atoms with Crippen LogP contribution in [0.3, 0.4) is 0 Å². The van der Waals surface area contributed by atoms with E-state index in [0.29, 0.717) is 25.9 Å². The fraction of sp³-hybridized carbons (Fsp3) is 0.684. The summed E-state index contributed by atoms with van der Waals surface area (Å²) in [5.41, 5.74) is -0.689. The van der Waals surface area contributed by atoms with E-state index in [1.54, 1.807) is 20.8 Å². The molecule has 1 fully saturated rings. The molecule has 1 aliphatic heterocycles. The summed E-state index contributed by atoms with van der Waals surface area (Å²) < 4.78 is 15.1. The molecule has 4 amide bonds. The Bertz CT molecular complexity index is 759. The van der Waals surface area contributed by atoms with Gasteiger partial charge in [-0.15, -0.1) is 0 Å². The summed E-state index contributed by atoms with van der Waals surface area (Å²) in [6.45, 7) is 9.74. The number of carbonyl (C=O) groups excluding carboxylic acids is 3. The molecule has 0 saturated carbocycles. The average molecular weight is 425 g/mol. The van der Waals surface area contributed by atoms with Crippen molar-refractivity contribution < 1.29 is 28.4 Å². The Balaban J connectivity index is 2.11. The highest BCUT2D eigenvalue weighted by atomic mass is 16.6. The molecule has 1 aliphatic rings. The molecule has 30 heavy (non-hydrogen) atoms. The average Bonchev–Trinajstić information content (AvgIpc) is 3.32. The highest BCUT2D eigenvalue weighted by Gasteiger charge is 2.38. The van der Waals surface area contributed by atoms with E-state index in [0.717, 1.165) is 0 Å². The molecule has 2 rings (SSSR count). The van der Waals surface area contributed by atoms with Gasteiger partial charge in [0.15, 0.2) is 5.82 Å². The molecule has 2 N–H and O–H groups in total. The summed E-state index contributed by atoms with van der Waals surface area (Å²) in [6, 6.07) is 0.0639. The van der Waals surface area contributed by atoms with E-state index >= 15 is 0 Å². The van der Waals surface area contributed by atoms with Gasteiger partial charge < -0.3 is 19.3 Å². The maximum Gasteiger partial charge on any atom is 0.408 e. The Kier molecular flexibility index (Phi) is 7.52. The molecule has 1 aromatic heterocycles. The summed E-state index contributed by atoms with van der Waals surface area (Å²) in [7, 11) is 1.42. The lowest BCUT2D eigenvalue weighted by Gasteiger charge is -2.33. The number of hydrogen-bond donors (Lipinski definition) is 2. The van der Waals surface area contributed by atoms with E-state index in [4.69, 9.17) is 14.0 Å². The van der Waals surface area contributed by atoms with E-state index in [1.165, 1.54) is 23.2 Å². The summed E-state index contributed by atoms with van der Waals surface area (Å²) in [5, 5.41) is 11.6. The van der Waals surface area contributed by atoms with E-state index in [9.17, 15) is 14.4 Å². The van der Waals surface area contributed by atoms with Gasteiger partial charge in [-0.05, 0) is 33.1 Å². The van der Waals surface area contributed by atoms with Crippen LogP contribution in [0, 0.1) is 5.92 Å². The number of anilines is 1. The third-order valence-corrected chi connectivity index (χ3v) is 4.60. The highest BCUT2D eigenvalue weighted by Crippen LogP contribution is 2.20. The van der Waals surface area contributed by atoms with Crippen molar-refractivity contribution in [1.29, 1.82) is 0 Å². The number of amides is 4. The first-order valence-corrected chi connectivity index (χ1v) is 9.95. The van der Waals surface area contributed by atoms with Gasteiger partial charge in [0.1, 0.15) is 11.6 Å². The van der Waals surface area contributed by atoms with E-state index in [2.05, 4.69) is 15.8 Å². The van der Waals surface area contributed by atoms with Crippen molar-refractivity contribution in [3.63, 3.8) is 0 Å². The van der Waals surface area contributed by atoms with Crippen LogP contribution in [-0.2, 0) is 9.53 Å². The second kappa shape index (κ2) is 9.68. The number of methoxy groups -OCH3 is 1. The molecule has 0 aliphatic carbocycles. The molecule has 168 valence electrons. The SMILES string of the molecule is CC[C@H](C)[C@H](NC(=O)OC(C)(C)C)C(=O)N1CCCN1C(=O)Nc1cc(OC)on1. The van der Waals surface area contributed by atoms with Crippen molar-refractivity contribution in [2.75, 3.05) is 25.5 Å². The number of nitrogens with zero attached hydrogens (tertiary/aromatic N) is 3. The Labute approximate surface area is 176 Å². The summed E-state index contributed by atoms with van der Waals surface area (Å²) in [5.74, 6) is -0.213. The molecule has 1 aromatic rings. The lowest BCUT2D eigenvalue weighted by molar-refractivity contribution is -0.143. The zero-order chi connectivity index (χ0) is 22.5. The molecule has 11 heteroatoms. The monoisotopic (exact) mass is 425 g/mol. The largest absolute Gasteiger partial charge is 0.467 e. The maximum absolute atomic E-state index is 13.2. The minimum Gasteiger partial charge on any atom is -0.467 e. The molecule has 2 heterocycles. The first kappa shape index (κ1) is 23.3. The number of carbonyl (C=O) groups is 3. The third kappa shape index (κ3) is 6.01. The molecule has 0 bridgehead atoms. The molecular formula is C19H31N5O6. The van der Waals surface area contributed by atoms with Gasteiger partial charge in [-0.25, -0.2) is 19.6 Å². The number of nitrogens with one attached hydrogen (secondary N) is 2. The van der Waals surface area contributed by atoms with Gasteiger partial charge in [0.05, 0.1) is 13.2 Å². The fourth-order valence-electron chi connectivity index (χ4n) is 2.92. The fourth-order valence-corrected chi connectivity index (χ4v) is 2.92. The minimum atomic E-state index is -0.828. The Morgan fingerprint density at radius 1 is 1.27 bits per heavy atom. The van der Waals surface area contributed by atoms with Crippen LogP contribution in [0.1, 0.15) is 47.5 Å². The molecule has 11 nitrogen and oxygen atoms in total. The van der Waals surface area contributed by atoms with Gasteiger partial charge in [0.25, 0.3) is 5.91 Å². The second-order valence-electron chi connectivity index (χ2n) is 8.11. The number of hydrazine groups is 1. The molecule has 0 aromatic carbocycles. The van der Waals surface area contributed by atoms with Crippen LogP contribution >= 0.6 is 0 Å². The van der Waals surface area contributed by atoms with Crippen LogP contribution in [-0.4, -0.2) is 65.0 Å². The van der Waals surface area contributed by atoms with E-state index in [-0.39, 0.29) is 23.6 Å². The summed E-state index contributed by atoms with van der Waals surface area (Å²) in [4.78, 5) is 38.2. The van der Waals surface area contributed by atoms with Crippen LogP contribution in [0.25, 0.3) is 0 Å². The molecule has 2 atom stereocenters. The second-order valence-corrected chi connectivity index (χ2v) is 8.11. The zero-order valence-corrected chi connectivity index (χ0v) is 18.4. The van der Waals surface area contributed by atoms with Crippen LogP contribution in [0.2, 0.25) is 0 Å². The molecule has 0 radical (unpaired) electrons. The molecule has 0 unspecified atom stereocenters. The van der Waals surface area contributed by atoms with Gasteiger partial charge in [0, 0.05) is 13.1 Å². The van der Waals surface area contributed by atoms with Gasteiger partial charge in [-0.2, -0.15) is 0 Å². The van der Waals surface area contributed by atoms with Crippen molar-refractivity contribution in [3.05, 3.63) is 6.07 Å². The number of hydrogen-bond acceptors (Lipinski definition) is 7. The first-order chi connectivity index (χ1) is 14.1. The normalized spacial score (nSPS) is 16.1. The number of ether oxygens (including phenoxy) is 2. The Morgan fingerprint density at radius 3 is 2.50 bits per heavy atom. The van der Waals surface area contributed by atoms with E-state index < -0.39 is 23.8 Å². The third-order valence-electron chi connectivity index (χ3n) is 4.60. The predicted molar refractivity (Wildman–Crippen MR) is 108 cm³/mol. The number of rotatable bonds is 6.